The Labute approximate surface area is 197 Å². The average Bonchev–Trinajstić information content (AvgIpc) is 3.33. The van der Waals surface area contributed by atoms with Gasteiger partial charge in [-0.25, -0.2) is 9.78 Å². The number of piperazine rings is 1. The number of anilines is 1. The second kappa shape index (κ2) is 9.39. The van der Waals surface area contributed by atoms with Gasteiger partial charge >= 0.3 is 5.97 Å². The summed E-state index contributed by atoms with van der Waals surface area (Å²) < 4.78 is 11.1. The number of benzene rings is 2. The lowest BCUT2D eigenvalue weighted by Gasteiger charge is -2.36. The standard InChI is InChI=1S/C27H25N3O4/c1-19-11-12-25(34-19)24-17-22(21-9-5-6-10-23(21)28-24)27(32)33-18-26(31)30-15-13-29(14-16-30)20-7-3-2-4-8-20/h2-12,17H,13-16,18H2,1H3. The summed E-state index contributed by atoms with van der Waals surface area (Å²) >= 11 is 0. The molecule has 2 aromatic heterocycles. The lowest BCUT2D eigenvalue weighted by Crippen LogP contribution is -2.49. The highest BCUT2D eigenvalue weighted by atomic mass is 16.5. The molecule has 1 aliphatic rings. The first-order chi connectivity index (χ1) is 16.6. The van der Waals surface area contributed by atoms with Crippen LogP contribution in [0, 0.1) is 6.92 Å². The summed E-state index contributed by atoms with van der Waals surface area (Å²) in [4.78, 5) is 34.4. The van der Waals surface area contributed by atoms with Crippen LogP contribution in [-0.2, 0) is 9.53 Å². The topological polar surface area (TPSA) is 75.9 Å². The molecule has 1 fully saturated rings. The van der Waals surface area contributed by atoms with Gasteiger partial charge in [0, 0.05) is 37.3 Å². The number of aryl methyl sites for hydroxylation is 1. The molecular formula is C27H25N3O4. The van der Waals surface area contributed by atoms with Crippen molar-refractivity contribution in [2.75, 3.05) is 37.7 Å². The summed E-state index contributed by atoms with van der Waals surface area (Å²) in [6.45, 7) is 4.22. The maximum Gasteiger partial charge on any atom is 0.339 e. The van der Waals surface area contributed by atoms with E-state index in [1.807, 2.05) is 61.5 Å². The number of esters is 1. The quantitative estimate of drug-likeness (QED) is 0.418. The van der Waals surface area contributed by atoms with Gasteiger partial charge in [-0.3, -0.25) is 4.79 Å². The normalized spacial score (nSPS) is 13.8. The van der Waals surface area contributed by atoms with E-state index in [0.29, 0.717) is 41.0 Å². The number of amides is 1. The van der Waals surface area contributed by atoms with Crippen molar-refractivity contribution in [1.29, 1.82) is 0 Å². The number of carbonyl (C=O) groups is 2. The van der Waals surface area contributed by atoms with Crippen molar-refractivity contribution in [3.63, 3.8) is 0 Å². The van der Waals surface area contributed by atoms with E-state index >= 15 is 0 Å². The number of carbonyl (C=O) groups excluding carboxylic acids is 2. The summed E-state index contributed by atoms with van der Waals surface area (Å²) in [7, 11) is 0. The van der Waals surface area contributed by atoms with Crippen LogP contribution in [0.4, 0.5) is 5.69 Å². The fraction of sp³-hybridized carbons (Fsp3) is 0.222. The van der Waals surface area contributed by atoms with Gasteiger partial charge in [0.1, 0.15) is 11.5 Å². The first-order valence-corrected chi connectivity index (χ1v) is 11.3. The van der Waals surface area contributed by atoms with Gasteiger partial charge in [0.25, 0.3) is 5.91 Å². The second-order valence-electron chi connectivity index (χ2n) is 8.26. The smallest absolute Gasteiger partial charge is 0.339 e. The van der Waals surface area contributed by atoms with Crippen molar-refractivity contribution in [2.24, 2.45) is 0 Å². The van der Waals surface area contributed by atoms with E-state index in [-0.39, 0.29) is 12.5 Å². The van der Waals surface area contributed by atoms with E-state index in [4.69, 9.17) is 9.15 Å². The zero-order chi connectivity index (χ0) is 23.5. The summed E-state index contributed by atoms with van der Waals surface area (Å²) in [6, 6.07) is 22.8. The number of hydrogen-bond acceptors (Lipinski definition) is 6. The zero-order valence-corrected chi connectivity index (χ0v) is 18.9. The van der Waals surface area contributed by atoms with Crippen LogP contribution in [-0.4, -0.2) is 54.5 Å². The summed E-state index contributed by atoms with van der Waals surface area (Å²) in [5, 5.41) is 0.670. The van der Waals surface area contributed by atoms with Gasteiger partial charge in [-0.15, -0.1) is 0 Å². The number of ether oxygens (including phenoxy) is 1. The highest BCUT2D eigenvalue weighted by molar-refractivity contribution is 6.05. The van der Waals surface area contributed by atoms with Gasteiger partial charge < -0.3 is 19.0 Å². The minimum Gasteiger partial charge on any atom is -0.460 e. The Balaban J connectivity index is 1.26. The Morgan fingerprint density at radius 3 is 2.41 bits per heavy atom. The Bertz CT molecular complexity index is 1320. The van der Waals surface area contributed by atoms with Crippen LogP contribution in [0.15, 0.2) is 77.2 Å². The van der Waals surface area contributed by atoms with E-state index in [1.54, 1.807) is 11.0 Å². The van der Waals surface area contributed by atoms with E-state index in [0.717, 1.165) is 24.5 Å². The predicted octanol–water partition coefficient (Wildman–Crippen LogP) is 4.31. The first kappa shape index (κ1) is 21.7. The average molecular weight is 456 g/mol. The van der Waals surface area contributed by atoms with Crippen molar-refractivity contribution in [2.45, 2.75) is 6.92 Å². The van der Waals surface area contributed by atoms with Crippen molar-refractivity contribution in [1.82, 2.24) is 9.88 Å². The monoisotopic (exact) mass is 455 g/mol. The molecule has 0 N–H and O–H groups in total. The molecule has 1 saturated heterocycles. The van der Waals surface area contributed by atoms with Gasteiger partial charge in [0.05, 0.1) is 11.1 Å². The Morgan fingerprint density at radius 1 is 0.941 bits per heavy atom. The maximum atomic E-state index is 13.0. The molecule has 3 heterocycles. The van der Waals surface area contributed by atoms with Crippen molar-refractivity contribution >= 4 is 28.5 Å². The molecule has 0 spiro atoms. The Morgan fingerprint density at radius 2 is 1.68 bits per heavy atom. The lowest BCUT2D eigenvalue weighted by molar-refractivity contribution is -0.134. The molecule has 0 saturated carbocycles. The number of rotatable bonds is 5. The number of fused-ring (bicyclic) bond motifs is 1. The highest BCUT2D eigenvalue weighted by Gasteiger charge is 2.23. The number of pyridine rings is 1. The number of furan rings is 1. The maximum absolute atomic E-state index is 13.0. The molecule has 172 valence electrons. The van der Waals surface area contributed by atoms with Gasteiger partial charge in [0.2, 0.25) is 0 Å². The molecule has 0 radical (unpaired) electrons. The van der Waals surface area contributed by atoms with Gasteiger partial charge in [-0.2, -0.15) is 0 Å². The third-order valence-corrected chi connectivity index (χ3v) is 6.01. The van der Waals surface area contributed by atoms with Crippen LogP contribution >= 0.6 is 0 Å². The molecule has 5 rings (SSSR count). The number of nitrogens with zero attached hydrogens (tertiary/aromatic N) is 3. The molecule has 0 aliphatic carbocycles. The van der Waals surface area contributed by atoms with Crippen LogP contribution in [0.1, 0.15) is 16.1 Å². The molecule has 7 nitrogen and oxygen atoms in total. The summed E-state index contributed by atoms with van der Waals surface area (Å²) in [6.07, 6.45) is 0. The number of hydrogen-bond donors (Lipinski definition) is 0. The first-order valence-electron chi connectivity index (χ1n) is 11.3. The zero-order valence-electron chi connectivity index (χ0n) is 18.9. The molecule has 4 aromatic rings. The minimum atomic E-state index is -0.556. The fourth-order valence-electron chi connectivity index (χ4n) is 4.19. The molecule has 0 bridgehead atoms. The third-order valence-electron chi connectivity index (χ3n) is 6.01. The molecule has 1 aliphatic heterocycles. The van der Waals surface area contributed by atoms with Gasteiger partial charge in [-0.05, 0) is 43.3 Å². The molecule has 0 atom stereocenters. The number of para-hydroxylation sites is 2. The van der Waals surface area contributed by atoms with E-state index in [1.165, 1.54) is 0 Å². The minimum absolute atomic E-state index is 0.193. The highest BCUT2D eigenvalue weighted by Crippen LogP contribution is 2.27. The van der Waals surface area contributed by atoms with E-state index in [2.05, 4.69) is 22.0 Å². The summed E-state index contributed by atoms with van der Waals surface area (Å²) in [5.41, 5.74) is 2.70. The molecule has 2 aromatic carbocycles. The molecular weight excluding hydrogens is 430 g/mol. The SMILES string of the molecule is Cc1ccc(-c2cc(C(=O)OCC(=O)N3CCN(c4ccccc4)CC3)c3ccccc3n2)o1. The molecule has 1 amide bonds. The van der Waals surface area contributed by atoms with Gasteiger partial charge in [0.15, 0.2) is 12.4 Å². The Hall–Kier alpha value is -4.13. The van der Waals surface area contributed by atoms with Crippen LogP contribution in [0.3, 0.4) is 0 Å². The lowest BCUT2D eigenvalue weighted by atomic mass is 10.1. The predicted molar refractivity (Wildman–Crippen MR) is 130 cm³/mol. The molecule has 0 unspecified atom stereocenters. The number of aromatic nitrogens is 1. The van der Waals surface area contributed by atoms with E-state index < -0.39 is 5.97 Å². The summed E-state index contributed by atoms with van der Waals surface area (Å²) in [5.74, 6) is 0.581. The molecule has 7 heteroatoms. The van der Waals surface area contributed by atoms with Crippen molar-refractivity contribution in [3.8, 4) is 11.5 Å². The fourth-order valence-corrected chi connectivity index (χ4v) is 4.19. The van der Waals surface area contributed by atoms with Crippen LogP contribution in [0.5, 0.6) is 0 Å². The largest absolute Gasteiger partial charge is 0.460 e. The molecule has 34 heavy (non-hydrogen) atoms. The van der Waals surface area contributed by atoms with Gasteiger partial charge in [-0.1, -0.05) is 36.4 Å². The third kappa shape index (κ3) is 4.50. The van der Waals surface area contributed by atoms with Crippen molar-refractivity contribution < 1.29 is 18.7 Å². The second-order valence-corrected chi connectivity index (χ2v) is 8.26. The van der Waals surface area contributed by atoms with Crippen LogP contribution in [0.25, 0.3) is 22.4 Å². The Kier molecular flexibility index (Phi) is 5.99. The van der Waals surface area contributed by atoms with E-state index in [9.17, 15) is 9.59 Å². The van der Waals surface area contributed by atoms with Crippen molar-refractivity contribution in [3.05, 3.63) is 84.1 Å². The van der Waals surface area contributed by atoms with Crippen LogP contribution in [0.2, 0.25) is 0 Å². The van der Waals surface area contributed by atoms with Crippen LogP contribution < -0.4 is 4.90 Å².